The van der Waals surface area contributed by atoms with E-state index in [-0.39, 0.29) is 0 Å². The van der Waals surface area contributed by atoms with E-state index in [1.807, 2.05) is 83.1 Å². The highest BCUT2D eigenvalue weighted by molar-refractivity contribution is 5.16. The minimum Gasteiger partial charge on any atom is -0.277 e. The molecular weight excluding hydrogens is 396 g/mol. The summed E-state index contributed by atoms with van der Waals surface area (Å²) in [5, 5.41) is 3.64. The molecule has 32 heavy (non-hydrogen) atoms. The molecule has 0 saturated carbocycles. The number of hydrogen-bond donors (Lipinski definition) is 0. The minimum atomic E-state index is 0.452. The lowest BCUT2D eigenvalue weighted by atomic mass is 10.2. The molecule has 162 valence electrons. The van der Waals surface area contributed by atoms with Gasteiger partial charge in [-0.2, -0.15) is 0 Å². The molecule has 0 heterocycles. The second-order valence-electron chi connectivity index (χ2n) is 7.51. The van der Waals surface area contributed by atoms with Gasteiger partial charge in [0.1, 0.15) is 0 Å². The van der Waals surface area contributed by atoms with Crippen LogP contribution in [0.1, 0.15) is 22.3 Å². The van der Waals surface area contributed by atoms with Crippen LogP contribution >= 0.6 is 0 Å². The van der Waals surface area contributed by atoms with Gasteiger partial charge in [0.2, 0.25) is 0 Å². The van der Waals surface area contributed by atoms with Gasteiger partial charge in [-0.3, -0.25) is 9.68 Å². The fourth-order valence-corrected chi connectivity index (χ4v) is 3.30. The van der Waals surface area contributed by atoms with Crippen molar-refractivity contribution in [1.82, 2.24) is 10.3 Å². The van der Waals surface area contributed by atoms with Gasteiger partial charge in [0.15, 0.2) is 0 Å². The molecule has 0 aliphatic heterocycles. The highest BCUT2D eigenvalue weighted by atomic mass is 16.8. The largest absolute Gasteiger partial charge is 0.277 e. The Labute approximate surface area is 190 Å². The lowest BCUT2D eigenvalue weighted by Crippen LogP contribution is -2.41. The van der Waals surface area contributed by atoms with Crippen LogP contribution in [0.2, 0.25) is 0 Å². The minimum absolute atomic E-state index is 0.452. The van der Waals surface area contributed by atoms with E-state index in [4.69, 9.17) is 9.68 Å². The second kappa shape index (κ2) is 11.9. The highest BCUT2D eigenvalue weighted by Gasteiger charge is 2.19. The topological polar surface area (TPSA) is 24.9 Å². The molecule has 0 fully saturated rings. The van der Waals surface area contributed by atoms with Crippen molar-refractivity contribution in [3.63, 3.8) is 0 Å². The Kier molecular flexibility index (Phi) is 8.18. The summed E-state index contributed by atoms with van der Waals surface area (Å²) in [6, 6.07) is 40.9. The van der Waals surface area contributed by atoms with E-state index in [1.165, 1.54) is 0 Å². The first kappa shape index (κ1) is 21.9. The summed E-state index contributed by atoms with van der Waals surface area (Å²) in [4.78, 5) is 12.6. The lowest BCUT2D eigenvalue weighted by Gasteiger charge is -2.33. The Bertz CT molecular complexity index is 941. The predicted molar refractivity (Wildman–Crippen MR) is 126 cm³/mol. The summed E-state index contributed by atoms with van der Waals surface area (Å²) >= 11 is 0. The van der Waals surface area contributed by atoms with E-state index in [1.54, 1.807) is 0 Å². The molecule has 0 amide bonds. The Balaban J connectivity index is 1.55. The molecule has 0 atom stereocenters. The molecule has 4 heteroatoms. The van der Waals surface area contributed by atoms with E-state index in [0.717, 1.165) is 22.3 Å². The molecule has 4 aromatic carbocycles. The van der Waals surface area contributed by atoms with Gasteiger partial charge in [-0.15, -0.1) is 0 Å². The van der Waals surface area contributed by atoms with Crippen molar-refractivity contribution in [1.29, 1.82) is 0 Å². The number of benzene rings is 4. The maximum absolute atomic E-state index is 6.29. The van der Waals surface area contributed by atoms with Gasteiger partial charge in [-0.05, 0) is 22.3 Å². The van der Waals surface area contributed by atoms with Crippen LogP contribution in [0.5, 0.6) is 0 Å². The summed E-state index contributed by atoms with van der Waals surface area (Å²) < 4.78 is 0. The highest BCUT2D eigenvalue weighted by Crippen LogP contribution is 2.17. The van der Waals surface area contributed by atoms with Crippen LogP contribution in [-0.4, -0.2) is 10.3 Å². The second-order valence-corrected chi connectivity index (χ2v) is 7.51. The molecule has 4 rings (SSSR count). The van der Waals surface area contributed by atoms with Crippen molar-refractivity contribution in [2.45, 2.75) is 26.3 Å². The summed E-state index contributed by atoms with van der Waals surface area (Å²) in [6.45, 7) is 2.03. The average Bonchev–Trinajstić information content (AvgIpc) is 2.87. The van der Waals surface area contributed by atoms with Crippen molar-refractivity contribution < 1.29 is 9.68 Å². The molecule has 0 aliphatic rings. The SMILES string of the molecule is c1ccc(CON(Cc2ccccc2)N(Cc2ccccc2)OCc2ccccc2)cc1. The first-order chi connectivity index (χ1) is 15.9. The molecular formula is C28H28N2O2. The van der Waals surface area contributed by atoms with Gasteiger partial charge < -0.3 is 0 Å². The number of hydrogen-bond acceptors (Lipinski definition) is 4. The third-order valence-electron chi connectivity index (χ3n) is 5.02. The quantitative estimate of drug-likeness (QED) is 0.269. The zero-order valence-corrected chi connectivity index (χ0v) is 18.1. The van der Waals surface area contributed by atoms with Crippen LogP contribution in [0.25, 0.3) is 0 Å². The first-order valence-electron chi connectivity index (χ1n) is 10.8. The van der Waals surface area contributed by atoms with Crippen molar-refractivity contribution in [3.05, 3.63) is 144 Å². The van der Waals surface area contributed by atoms with Gasteiger partial charge in [0, 0.05) is 0 Å². The van der Waals surface area contributed by atoms with Crippen molar-refractivity contribution in [3.8, 4) is 0 Å². The van der Waals surface area contributed by atoms with Crippen molar-refractivity contribution >= 4 is 0 Å². The molecule has 0 aromatic heterocycles. The van der Waals surface area contributed by atoms with Crippen LogP contribution in [0.3, 0.4) is 0 Å². The zero-order valence-electron chi connectivity index (χ0n) is 18.1. The Morgan fingerprint density at radius 3 is 0.969 bits per heavy atom. The number of hydroxylamine groups is 2. The lowest BCUT2D eigenvalue weighted by molar-refractivity contribution is -0.424. The summed E-state index contributed by atoms with van der Waals surface area (Å²) in [7, 11) is 0. The fraction of sp³-hybridized carbons (Fsp3) is 0.143. The smallest absolute Gasteiger partial charge is 0.0953 e. The monoisotopic (exact) mass is 424 g/mol. The zero-order chi connectivity index (χ0) is 21.8. The van der Waals surface area contributed by atoms with Crippen LogP contribution in [0, 0.1) is 0 Å². The molecule has 0 spiro atoms. The van der Waals surface area contributed by atoms with Crippen LogP contribution in [0.4, 0.5) is 0 Å². The van der Waals surface area contributed by atoms with E-state index in [0.29, 0.717) is 26.3 Å². The summed E-state index contributed by atoms with van der Waals surface area (Å²) in [5.41, 5.74) is 4.49. The molecule has 0 radical (unpaired) electrons. The van der Waals surface area contributed by atoms with Gasteiger partial charge >= 0.3 is 0 Å². The summed E-state index contributed by atoms with van der Waals surface area (Å²) in [6.07, 6.45) is 0. The van der Waals surface area contributed by atoms with E-state index in [2.05, 4.69) is 48.5 Å². The summed E-state index contributed by atoms with van der Waals surface area (Å²) in [5.74, 6) is 0. The molecule has 0 bridgehead atoms. The van der Waals surface area contributed by atoms with Gasteiger partial charge in [-0.1, -0.05) is 132 Å². The van der Waals surface area contributed by atoms with Crippen LogP contribution in [0.15, 0.2) is 121 Å². The third-order valence-corrected chi connectivity index (χ3v) is 5.02. The van der Waals surface area contributed by atoms with Crippen LogP contribution < -0.4 is 0 Å². The number of nitrogens with zero attached hydrogens (tertiary/aromatic N) is 2. The van der Waals surface area contributed by atoms with Gasteiger partial charge in [0.25, 0.3) is 0 Å². The molecule has 0 unspecified atom stereocenters. The normalized spacial score (nSPS) is 11.2. The standard InChI is InChI=1S/C28H28N2O2/c1-5-13-25(14-6-1)21-29(31-23-27-17-9-3-10-18-27)30(22-26-15-7-2-8-16-26)32-24-28-19-11-4-12-20-28/h1-20H,21-24H2. The Morgan fingerprint density at radius 1 is 0.375 bits per heavy atom. The predicted octanol–water partition coefficient (Wildman–Crippen LogP) is 6.17. The van der Waals surface area contributed by atoms with E-state index in [9.17, 15) is 0 Å². The molecule has 4 aromatic rings. The molecule has 4 nitrogen and oxygen atoms in total. The van der Waals surface area contributed by atoms with E-state index >= 15 is 0 Å². The maximum atomic E-state index is 6.29. The number of rotatable bonds is 11. The van der Waals surface area contributed by atoms with Crippen molar-refractivity contribution in [2.75, 3.05) is 0 Å². The molecule has 0 saturated heterocycles. The van der Waals surface area contributed by atoms with Crippen molar-refractivity contribution in [2.24, 2.45) is 0 Å². The fourth-order valence-electron chi connectivity index (χ4n) is 3.30. The number of hydrazine groups is 1. The third kappa shape index (κ3) is 6.87. The first-order valence-corrected chi connectivity index (χ1v) is 10.8. The van der Waals surface area contributed by atoms with E-state index < -0.39 is 0 Å². The van der Waals surface area contributed by atoms with Gasteiger partial charge in [-0.25, -0.2) is 0 Å². The van der Waals surface area contributed by atoms with Gasteiger partial charge in [0.05, 0.1) is 26.3 Å². The Hall–Kier alpha value is -3.28. The van der Waals surface area contributed by atoms with Crippen LogP contribution in [-0.2, 0) is 36.0 Å². The Morgan fingerprint density at radius 2 is 0.656 bits per heavy atom. The molecule has 0 aliphatic carbocycles. The maximum Gasteiger partial charge on any atom is 0.0953 e. The molecule has 0 N–H and O–H groups in total. The average molecular weight is 425 g/mol.